The maximum Gasteiger partial charge on any atom is 0.319 e. The van der Waals surface area contributed by atoms with Gasteiger partial charge in [-0.1, -0.05) is 62.4 Å². The molecule has 2 aliphatic rings. The van der Waals surface area contributed by atoms with Crippen LogP contribution in [0, 0.1) is 18.8 Å². The van der Waals surface area contributed by atoms with E-state index < -0.39 is 0 Å². The molecule has 0 bridgehead atoms. The SMILES string of the molecule is Cc1cc(-c2ccc(NC(=O)NC3CC3C3CCCCC3)c3ccccc23)cc(=O)[nH]1. The van der Waals surface area contributed by atoms with Gasteiger partial charge < -0.3 is 15.6 Å². The number of carbonyl (C=O) groups is 1. The molecule has 0 aliphatic heterocycles. The highest BCUT2D eigenvalue weighted by Crippen LogP contribution is 2.44. The number of H-pyrrole nitrogens is 1. The molecule has 2 fully saturated rings. The third-order valence-electron chi connectivity index (χ3n) is 6.87. The van der Waals surface area contributed by atoms with Crippen molar-refractivity contribution in [3.05, 3.63) is 64.6 Å². The number of pyridine rings is 1. The maximum atomic E-state index is 12.7. The minimum Gasteiger partial charge on any atom is -0.335 e. The predicted octanol–water partition coefficient (Wildman–Crippen LogP) is 5.59. The number of hydrogen-bond donors (Lipinski definition) is 3. The number of nitrogens with one attached hydrogen (secondary N) is 3. The molecule has 31 heavy (non-hydrogen) atoms. The van der Waals surface area contributed by atoms with Gasteiger partial charge in [-0.25, -0.2) is 4.79 Å². The molecule has 0 saturated heterocycles. The molecule has 2 atom stereocenters. The Hall–Kier alpha value is -3.08. The second-order valence-electron chi connectivity index (χ2n) is 9.13. The number of benzene rings is 2. The van der Waals surface area contributed by atoms with Gasteiger partial charge in [-0.3, -0.25) is 4.79 Å². The lowest BCUT2D eigenvalue weighted by molar-refractivity contribution is 0.249. The van der Waals surface area contributed by atoms with Gasteiger partial charge in [-0.15, -0.1) is 0 Å². The summed E-state index contributed by atoms with van der Waals surface area (Å²) in [6.45, 7) is 1.88. The average Bonchev–Trinajstić information content (AvgIpc) is 3.53. The van der Waals surface area contributed by atoms with Gasteiger partial charge in [-0.2, -0.15) is 0 Å². The monoisotopic (exact) mass is 415 g/mol. The van der Waals surface area contributed by atoms with Gasteiger partial charge in [0, 0.05) is 23.2 Å². The van der Waals surface area contributed by atoms with Crippen LogP contribution in [-0.2, 0) is 0 Å². The summed E-state index contributed by atoms with van der Waals surface area (Å²) < 4.78 is 0. The summed E-state index contributed by atoms with van der Waals surface area (Å²) >= 11 is 0. The molecule has 3 N–H and O–H groups in total. The Kier molecular flexibility index (Phi) is 5.26. The number of aryl methyl sites for hydroxylation is 1. The van der Waals surface area contributed by atoms with Crippen molar-refractivity contribution in [3.63, 3.8) is 0 Å². The Morgan fingerprint density at radius 2 is 1.77 bits per heavy atom. The molecule has 3 aromatic rings. The number of urea groups is 1. The van der Waals surface area contributed by atoms with Gasteiger partial charge in [0.25, 0.3) is 0 Å². The summed E-state index contributed by atoms with van der Waals surface area (Å²) in [6.07, 6.45) is 7.79. The molecule has 2 aliphatic carbocycles. The van der Waals surface area contributed by atoms with Crippen molar-refractivity contribution in [2.75, 3.05) is 5.32 Å². The summed E-state index contributed by atoms with van der Waals surface area (Å²) in [4.78, 5) is 27.5. The number of hydrogen-bond acceptors (Lipinski definition) is 2. The molecule has 2 amide bonds. The smallest absolute Gasteiger partial charge is 0.319 e. The van der Waals surface area contributed by atoms with Crippen LogP contribution in [-0.4, -0.2) is 17.1 Å². The van der Waals surface area contributed by atoms with E-state index in [9.17, 15) is 9.59 Å². The van der Waals surface area contributed by atoms with E-state index in [4.69, 9.17) is 0 Å². The number of aromatic nitrogens is 1. The topological polar surface area (TPSA) is 74.0 Å². The Balaban J connectivity index is 1.35. The lowest BCUT2D eigenvalue weighted by Crippen LogP contribution is -2.32. The molecule has 5 heteroatoms. The zero-order valence-corrected chi connectivity index (χ0v) is 17.9. The van der Waals surface area contributed by atoms with Crippen LogP contribution in [0.1, 0.15) is 44.2 Å². The van der Waals surface area contributed by atoms with E-state index in [1.165, 1.54) is 32.1 Å². The van der Waals surface area contributed by atoms with Crippen LogP contribution < -0.4 is 16.2 Å². The van der Waals surface area contributed by atoms with Crippen molar-refractivity contribution in [1.29, 1.82) is 0 Å². The minimum atomic E-state index is -0.131. The van der Waals surface area contributed by atoms with Crippen molar-refractivity contribution >= 4 is 22.5 Å². The number of anilines is 1. The lowest BCUT2D eigenvalue weighted by Gasteiger charge is -2.21. The van der Waals surface area contributed by atoms with Crippen LogP contribution in [0.3, 0.4) is 0 Å². The second kappa shape index (κ2) is 8.22. The van der Waals surface area contributed by atoms with E-state index >= 15 is 0 Å². The van der Waals surface area contributed by atoms with Gasteiger partial charge in [0.05, 0.1) is 5.69 Å². The Morgan fingerprint density at radius 3 is 2.55 bits per heavy atom. The maximum absolute atomic E-state index is 12.7. The quantitative estimate of drug-likeness (QED) is 0.519. The number of carbonyl (C=O) groups excluding carboxylic acids is 1. The molecular formula is C26H29N3O2. The summed E-state index contributed by atoms with van der Waals surface area (Å²) in [6, 6.07) is 15.7. The normalized spacial score (nSPS) is 21.1. The van der Waals surface area contributed by atoms with E-state index in [1.807, 2.05) is 49.4 Å². The third-order valence-corrected chi connectivity index (χ3v) is 6.87. The number of amides is 2. The first kappa shape index (κ1) is 19.9. The summed E-state index contributed by atoms with van der Waals surface area (Å²) in [5.41, 5.74) is 3.35. The van der Waals surface area contributed by atoms with Crippen LogP contribution in [0.2, 0.25) is 0 Å². The molecule has 0 radical (unpaired) electrons. The van der Waals surface area contributed by atoms with E-state index in [0.29, 0.717) is 12.0 Å². The van der Waals surface area contributed by atoms with Crippen molar-refractivity contribution < 1.29 is 4.79 Å². The third kappa shape index (κ3) is 4.22. The zero-order chi connectivity index (χ0) is 21.4. The molecule has 5 nitrogen and oxygen atoms in total. The van der Waals surface area contributed by atoms with Crippen LogP contribution in [0.15, 0.2) is 53.3 Å². The standard InChI is InChI=1S/C26H29N3O2/c1-16-13-18(14-25(30)27-16)19-11-12-23(21-10-6-5-9-20(19)21)28-26(31)29-24-15-22(24)17-7-3-2-4-8-17/h5-6,9-14,17,22,24H,2-4,7-8,15H2,1H3,(H,27,30)(H2,28,29,31). The highest BCUT2D eigenvalue weighted by molar-refractivity contribution is 6.07. The van der Waals surface area contributed by atoms with Gasteiger partial charge in [-0.05, 0) is 53.8 Å². The fraction of sp³-hybridized carbons (Fsp3) is 0.385. The van der Waals surface area contributed by atoms with Gasteiger partial charge in [0.15, 0.2) is 0 Å². The van der Waals surface area contributed by atoms with E-state index in [1.54, 1.807) is 6.07 Å². The molecule has 0 spiro atoms. The summed E-state index contributed by atoms with van der Waals surface area (Å²) in [7, 11) is 0. The summed E-state index contributed by atoms with van der Waals surface area (Å²) in [5, 5.41) is 8.22. The van der Waals surface area contributed by atoms with Crippen LogP contribution in [0.5, 0.6) is 0 Å². The average molecular weight is 416 g/mol. The van der Waals surface area contributed by atoms with E-state index in [2.05, 4.69) is 15.6 Å². The highest BCUT2D eigenvalue weighted by Gasteiger charge is 2.43. The fourth-order valence-electron chi connectivity index (χ4n) is 5.29. The van der Waals surface area contributed by atoms with Crippen LogP contribution >= 0.6 is 0 Å². The summed E-state index contributed by atoms with van der Waals surface area (Å²) in [5.74, 6) is 1.45. The molecule has 1 aromatic heterocycles. The molecule has 160 valence electrons. The Labute approximate surface area is 182 Å². The predicted molar refractivity (Wildman–Crippen MR) is 125 cm³/mol. The fourth-order valence-corrected chi connectivity index (χ4v) is 5.29. The second-order valence-corrected chi connectivity index (χ2v) is 9.13. The van der Waals surface area contributed by atoms with Crippen LogP contribution in [0.25, 0.3) is 21.9 Å². The Bertz CT molecular complexity index is 1180. The Morgan fingerprint density at radius 1 is 1.00 bits per heavy atom. The molecule has 5 rings (SSSR count). The first-order valence-corrected chi connectivity index (χ1v) is 11.4. The van der Waals surface area contributed by atoms with Gasteiger partial charge >= 0.3 is 6.03 Å². The number of fused-ring (bicyclic) bond motifs is 1. The molecule has 1 heterocycles. The lowest BCUT2D eigenvalue weighted by atomic mass is 9.85. The van der Waals surface area contributed by atoms with Crippen molar-refractivity contribution in [1.82, 2.24) is 10.3 Å². The molecular weight excluding hydrogens is 386 g/mol. The van der Waals surface area contributed by atoms with Crippen LogP contribution in [0.4, 0.5) is 10.5 Å². The molecule has 2 unspecified atom stereocenters. The van der Waals surface area contributed by atoms with E-state index in [0.717, 1.165) is 45.6 Å². The molecule has 2 aromatic carbocycles. The van der Waals surface area contributed by atoms with Gasteiger partial charge in [0.1, 0.15) is 0 Å². The van der Waals surface area contributed by atoms with Crippen molar-refractivity contribution in [2.24, 2.45) is 11.8 Å². The van der Waals surface area contributed by atoms with E-state index in [-0.39, 0.29) is 11.6 Å². The van der Waals surface area contributed by atoms with Gasteiger partial charge in [0.2, 0.25) is 5.56 Å². The first-order valence-electron chi connectivity index (χ1n) is 11.4. The zero-order valence-electron chi connectivity index (χ0n) is 17.9. The van der Waals surface area contributed by atoms with Crippen molar-refractivity contribution in [3.8, 4) is 11.1 Å². The minimum absolute atomic E-state index is 0.113. The first-order chi connectivity index (χ1) is 15.1. The van der Waals surface area contributed by atoms with Crippen molar-refractivity contribution in [2.45, 2.75) is 51.5 Å². The molecule has 2 saturated carbocycles. The largest absolute Gasteiger partial charge is 0.335 e. The number of aromatic amines is 1. The highest BCUT2D eigenvalue weighted by atomic mass is 16.2. The number of rotatable bonds is 4.